The monoisotopic (exact) mass is 363 g/mol. The zero-order valence-corrected chi connectivity index (χ0v) is 14.2. The highest BCUT2D eigenvalue weighted by Crippen LogP contribution is 2.25. The number of aromatic carboxylic acids is 1. The molecule has 0 saturated carbocycles. The van der Waals surface area contributed by atoms with Crippen LogP contribution < -0.4 is 4.31 Å². The molecule has 0 amide bonds. The molecule has 2 aromatic carbocycles. The van der Waals surface area contributed by atoms with Gasteiger partial charge in [0.15, 0.2) is 0 Å². The van der Waals surface area contributed by atoms with Crippen molar-refractivity contribution in [3.05, 3.63) is 59.7 Å². The van der Waals surface area contributed by atoms with Crippen LogP contribution in [0.2, 0.25) is 0 Å². The van der Waals surface area contributed by atoms with Crippen molar-refractivity contribution in [1.82, 2.24) is 0 Å². The molecule has 0 aromatic heterocycles. The summed E-state index contributed by atoms with van der Waals surface area (Å²) in [6, 6.07) is 11.4. The normalized spacial score (nSPS) is 11.1. The summed E-state index contributed by atoms with van der Waals surface area (Å²) in [4.78, 5) is 21.9. The van der Waals surface area contributed by atoms with Crippen LogP contribution in [0.1, 0.15) is 22.3 Å². The zero-order valence-electron chi connectivity index (χ0n) is 13.4. The highest BCUT2D eigenvalue weighted by molar-refractivity contribution is 7.92. The van der Waals surface area contributed by atoms with Gasteiger partial charge in [0.1, 0.15) is 0 Å². The lowest BCUT2D eigenvalue weighted by molar-refractivity contribution is -0.136. The number of hydrogen-bond acceptors (Lipinski definition) is 4. The molecule has 0 spiro atoms. The summed E-state index contributed by atoms with van der Waals surface area (Å²) in [5, 5.41) is 17.8. The SMILES string of the molecule is Cc1ccc(S(=O)(=O)N(CCC(=O)O)c2ccc(C(=O)O)cc2)cc1. The first-order chi connectivity index (χ1) is 11.7. The molecule has 2 rings (SSSR count). The number of sulfonamides is 1. The maximum absolute atomic E-state index is 12.9. The Bertz CT molecular complexity index is 872. The van der Waals surface area contributed by atoms with Crippen molar-refractivity contribution in [1.29, 1.82) is 0 Å². The van der Waals surface area contributed by atoms with Crippen molar-refractivity contribution in [2.75, 3.05) is 10.8 Å². The number of aliphatic carboxylic acids is 1. The largest absolute Gasteiger partial charge is 0.481 e. The van der Waals surface area contributed by atoms with Crippen LogP contribution in [0.4, 0.5) is 5.69 Å². The van der Waals surface area contributed by atoms with E-state index < -0.39 is 22.0 Å². The lowest BCUT2D eigenvalue weighted by atomic mass is 10.2. The van der Waals surface area contributed by atoms with Crippen molar-refractivity contribution in [3.8, 4) is 0 Å². The van der Waals surface area contributed by atoms with Crippen LogP contribution in [0.15, 0.2) is 53.4 Å². The summed E-state index contributed by atoms with van der Waals surface area (Å²) >= 11 is 0. The van der Waals surface area contributed by atoms with Crippen LogP contribution >= 0.6 is 0 Å². The molecule has 2 aromatic rings. The number of benzene rings is 2. The van der Waals surface area contributed by atoms with Crippen molar-refractivity contribution >= 4 is 27.6 Å². The van der Waals surface area contributed by atoms with Gasteiger partial charge in [0, 0.05) is 6.54 Å². The van der Waals surface area contributed by atoms with E-state index in [4.69, 9.17) is 10.2 Å². The van der Waals surface area contributed by atoms with E-state index >= 15 is 0 Å². The van der Waals surface area contributed by atoms with E-state index in [0.29, 0.717) is 0 Å². The Labute approximate surface area is 145 Å². The van der Waals surface area contributed by atoms with Gasteiger partial charge in [-0.15, -0.1) is 0 Å². The highest BCUT2D eigenvalue weighted by Gasteiger charge is 2.25. The molecule has 0 radical (unpaired) electrons. The zero-order chi connectivity index (χ0) is 18.6. The highest BCUT2D eigenvalue weighted by atomic mass is 32.2. The molecule has 0 fully saturated rings. The molecule has 132 valence electrons. The number of aryl methyl sites for hydroxylation is 1. The fraction of sp³-hybridized carbons (Fsp3) is 0.176. The van der Waals surface area contributed by atoms with Gasteiger partial charge >= 0.3 is 11.9 Å². The molecule has 2 N–H and O–H groups in total. The minimum absolute atomic E-state index is 0.00895. The van der Waals surface area contributed by atoms with E-state index in [-0.39, 0.29) is 29.1 Å². The second-order valence-corrected chi connectivity index (χ2v) is 7.25. The van der Waals surface area contributed by atoms with E-state index in [1.165, 1.54) is 36.4 Å². The summed E-state index contributed by atoms with van der Waals surface area (Å²) in [6.45, 7) is 1.56. The molecule has 0 aliphatic heterocycles. The van der Waals surface area contributed by atoms with Gasteiger partial charge < -0.3 is 10.2 Å². The first kappa shape index (κ1) is 18.5. The predicted molar refractivity (Wildman–Crippen MR) is 91.4 cm³/mol. The maximum atomic E-state index is 12.9. The third-order valence-corrected chi connectivity index (χ3v) is 5.38. The molecule has 0 aliphatic carbocycles. The van der Waals surface area contributed by atoms with Gasteiger partial charge in [-0.05, 0) is 43.3 Å². The molecule has 0 saturated heterocycles. The predicted octanol–water partition coefficient (Wildman–Crippen LogP) is 2.36. The van der Waals surface area contributed by atoms with Gasteiger partial charge in [-0.2, -0.15) is 0 Å². The minimum Gasteiger partial charge on any atom is -0.481 e. The van der Waals surface area contributed by atoms with E-state index in [9.17, 15) is 18.0 Å². The number of carbonyl (C=O) groups is 2. The van der Waals surface area contributed by atoms with Crippen LogP contribution in [0.5, 0.6) is 0 Å². The molecule has 0 atom stereocenters. The number of anilines is 1. The van der Waals surface area contributed by atoms with Crippen LogP contribution in [0.3, 0.4) is 0 Å². The third kappa shape index (κ3) is 4.36. The summed E-state index contributed by atoms with van der Waals surface area (Å²) in [5.41, 5.74) is 1.10. The number of carboxylic acids is 2. The molecule has 25 heavy (non-hydrogen) atoms. The molecule has 0 bridgehead atoms. The maximum Gasteiger partial charge on any atom is 0.335 e. The molecular weight excluding hydrogens is 346 g/mol. The molecule has 7 nitrogen and oxygen atoms in total. The van der Waals surface area contributed by atoms with Gasteiger partial charge in [-0.3, -0.25) is 9.10 Å². The second kappa shape index (κ2) is 7.35. The first-order valence-corrected chi connectivity index (χ1v) is 8.80. The fourth-order valence-electron chi connectivity index (χ4n) is 2.19. The Morgan fingerprint density at radius 1 is 0.960 bits per heavy atom. The van der Waals surface area contributed by atoms with E-state index in [1.54, 1.807) is 12.1 Å². The molecule has 0 aliphatic rings. The lowest BCUT2D eigenvalue weighted by Gasteiger charge is -2.24. The van der Waals surface area contributed by atoms with E-state index in [0.717, 1.165) is 9.87 Å². The average molecular weight is 363 g/mol. The van der Waals surface area contributed by atoms with Crippen molar-refractivity contribution in [2.24, 2.45) is 0 Å². The summed E-state index contributed by atoms with van der Waals surface area (Å²) in [6.07, 6.45) is -0.383. The molecule has 0 heterocycles. The lowest BCUT2D eigenvalue weighted by Crippen LogP contribution is -2.33. The Morgan fingerprint density at radius 3 is 2.00 bits per heavy atom. The quantitative estimate of drug-likeness (QED) is 0.781. The van der Waals surface area contributed by atoms with Gasteiger partial charge in [0.05, 0.1) is 22.6 Å². The standard InChI is InChI=1S/C17H17NO6S/c1-12-2-8-15(9-3-12)25(23,24)18(11-10-16(19)20)14-6-4-13(5-7-14)17(21)22/h2-9H,10-11H2,1H3,(H,19,20)(H,21,22). The van der Waals surface area contributed by atoms with Gasteiger partial charge in [0.25, 0.3) is 10.0 Å². The van der Waals surface area contributed by atoms with Crippen LogP contribution in [-0.2, 0) is 14.8 Å². The molecular formula is C17H17NO6S. The minimum atomic E-state index is -3.98. The Balaban J connectivity index is 2.45. The smallest absolute Gasteiger partial charge is 0.335 e. The molecule has 8 heteroatoms. The summed E-state index contributed by atoms with van der Waals surface area (Å²) in [7, 11) is -3.98. The van der Waals surface area contributed by atoms with Gasteiger partial charge in [-0.1, -0.05) is 17.7 Å². The Morgan fingerprint density at radius 2 is 1.52 bits per heavy atom. The van der Waals surface area contributed by atoms with E-state index in [1.807, 2.05) is 6.92 Å². The fourth-order valence-corrected chi connectivity index (χ4v) is 3.66. The van der Waals surface area contributed by atoms with Gasteiger partial charge in [-0.25, -0.2) is 13.2 Å². The average Bonchev–Trinajstić information content (AvgIpc) is 2.55. The number of rotatable bonds is 7. The van der Waals surface area contributed by atoms with Crippen molar-refractivity contribution in [2.45, 2.75) is 18.2 Å². The van der Waals surface area contributed by atoms with Crippen LogP contribution in [0, 0.1) is 6.92 Å². The van der Waals surface area contributed by atoms with Crippen LogP contribution in [-0.4, -0.2) is 37.1 Å². The second-order valence-electron chi connectivity index (χ2n) is 5.39. The third-order valence-electron chi connectivity index (χ3n) is 3.54. The first-order valence-electron chi connectivity index (χ1n) is 7.36. The Kier molecular flexibility index (Phi) is 5.43. The molecule has 0 unspecified atom stereocenters. The van der Waals surface area contributed by atoms with Gasteiger partial charge in [0.2, 0.25) is 0 Å². The Hall–Kier alpha value is -2.87. The summed E-state index contributed by atoms with van der Waals surface area (Å²) < 4.78 is 26.8. The van der Waals surface area contributed by atoms with Crippen molar-refractivity contribution in [3.63, 3.8) is 0 Å². The number of carboxylic acid groups (broad SMARTS) is 2. The number of nitrogens with zero attached hydrogens (tertiary/aromatic N) is 1. The van der Waals surface area contributed by atoms with E-state index in [2.05, 4.69) is 0 Å². The van der Waals surface area contributed by atoms with Crippen LogP contribution in [0.25, 0.3) is 0 Å². The summed E-state index contributed by atoms with van der Waals surface area (Å²) in [5.74, 6) is -2.27. The topological polar surface area (TPSA) is 112 Å². The van der Waals surface area contributed by atoms with Crippen molar-refractivity contribution < 1.29 is 28.2 Å². The number of hydrogen-bond donors (Lipinski definition) is 2.